The molecule has 1 fully saturated rings. The second kappa shape index (κ2) is 8.31. The second-order valence-electron chi connectivity index (χ2n) is 4.89. The third-order valence-corrected chi connectivity index (χ3v) is 5.05. The van der Waals surface area contributed by atoms with Gasteiger partial charge >= 0.3 is 0 Å². The van der Waals surface area contributed by atoms with Crippen LogP contribution in [0.3, 0.4) is 0 Å². The van der Waals surface area contributed by atoms with Crippen LogP contribution in [0.5, 0.6) is 0 Å². The van der Waals surface area contributed by atoms with Crippen molar-refractivity contribution < 1.29 is 4.74 Å². The molecule has 102 valence electrons. The average Bonchev–Trinajstić information content (AvgIpc) is 2.64. The Morgan fingerprint density at radius 1 is 1.28 bits per heavy atom. The first kappa shape index (κ1) is 14.5. The van der Waals surface area contributed by atoms with Gasteiger partial charge in [0.25, 0.3) is 0 Å². The Labute approximate surface area is 122 Å². The molecule has 1 heterocycles. The van der Waals surface area contributed by atoms with Gasteiger partial charge in [0, 0.05) is 27.8 Å². The van der Waals surface area contributed by atoms with E-state index >= 15 is 0 Å². The van der Waals surface area contributed by atoms with Gasteiger partial charge in [-0.1, -0.05) is 25.7 Å². The summed E-state index contributed by atoms with van der Waals surface area (Å²) in [5.41, 5.74) is 0. The molecule has 1 saturated carbocycles. The Hall–Kier alpha value is 0.1000. The summed E-state index contributed by atoms with van der Waals surface area (Å²) in [4.78, 5) is 1.37. The minimum absolute atomic E-state index is 0.519. The number of rotatable bonds is 6. The summed E-state index contributed by atoms with van der Waals surface area (Å²) in [6, 6.07) is 2.17. The highest BCUT2D eigenvalue weighted by atomic mass is 79.9. The van der Waals surface area contributed by atoms with E-state index in [1.165, 1.54) is 47.9 Å². The Bertz CT molecular complexity index is 334. The molecule has 1 aliphatic rings. The summed E-state index contributed by atoms with van der Waals surface area (Å²) in [5, 5.41) is 5.56. The lowest BCUT2D eigenvalue weighted by atomic mass is 10.1. The highest BCUT2D eigenvalue weighted by Gasteiger charge is 2.11. The van der Waals surface area contributed by atoms with Crippen LogP contribution in [0.25, 0.3) is 0 Å². The van der Waals surface area contributed by atoms with Gasteiger partial charge in [-0.05, 0) is 34.8 Å². The van der Waals surface area contributed by atoms with Gasteiger partial charge in [-0.25, -0.2) is 0 Å². The Kier molecular flexibility index (Phi) is 6.70. The van der Waals surface area contributed by atoms with Gasteiger partial charge in [-0.15, -0.1) is 11.3 Å². The minimum atomic E-state index is 0.519. The van der Waals surface area contributed by atoms with Gasteiger partial charge in [-0.2, -0.15) is 0 Å². The molecule has 0 unspecified atom stereocenters. The molecule has 0 bridgehead atoms. The van der Waals surface area contributed by atoms with Crippen molar-refractivity contribution in [1.82, 2.24) is 5.32 Å². The molecular weight excluding hydrogens is 310 g/mol. The van der Waals surface area contributed by atoms with E-state index in [4.69, 9.17) is 4.74 Å². The molecule has 18 heavy (non-hydrogen) atoms. The molecule has 1 aromatic heterocycles. The lowest BCUT2D eigenvalue weighted by molar-refractivity contribution is 0.0451. The minimum Gasteiger partial charge on any atom is -0.377 e. The molecule has 0 saturated heterocycles. The predicted molar refractivity (Wildman–Crippen MR) is 81.2 cm³/mol. The monoisotopic (exact) mass is 331 g/mol. The van der Waals surface area contributed by atoms with Gasteiger partial charge in [0.1, 0.15) is 0 Å². The molecule has 1 aromatic rings. The fourth-order valence-electron chi connectivity index (χ4n) is 2.36. The summed E-state index contributed by atoms with van der Waals surface area (Å²) in [6.07, 6.45) is 8.53. The van der Waals surface area contributed by atoms with Gasteiger partial charge in [-0.3, -0.25) is 0 Å². The van der Waals surface area contributed by atoms with E-state index in [1.807, 2.05) is 0 Å². The maximum Gasteiger partial charge on any atom is 0.0594 e. The van der Waals surface area contributed by atoms with Crippen LogP contribution in [0.2, 0.25) is 0 Å². The SMILES string of the molecule is Brc1csc(CNCCOC2CCCCCC2)c1. The molecule has 0 atom stereocenters. The summed E-state index contributed by atoms with van der Waals surface area (Å²) in [7, 11) is 0. The zero-order valence-electron chi connectivity index (χ0n) is 10.8. The van der Waals surface area contributed by atoms with Crippen molar-refractivity contribution in [3.05, 3.63) is 20.8 Å². The molecule has 0 radical (unpaired) electrons. The Morgan fingerprint density at radius 2 is 2.06 bits per heavy atom. The number of hydrogen-bond donors (Lipinski definition) is 1. The highest BCUT2D eigenvalue weighted by molar-refractivity contribution is 9.10. The third kappa shape index (κ3) is 5.39. The molecular formula is C14H22BrNOS. The van der Waals surface area contributed by atoms with E-state index in [1.54, 1.807) is 11.3 Å². The molecule has 0 spiro atoms. The Morgan fingerprint density at radius 3 is 2.72 bits per heavy atom. The van der Waals surface area contributed by atoms with Crippen LogP contribution < -0.4 is 5.32 Å². The molecule has 0 aliphatic heterocycles. The van der Waals surface area contributed by atoms with Crippen molar-refractivity contribution in [2.45, 2.75) is 51.2 Å². The lowest BCUT2D eigenvalue weighted by Gasteiger charge is -2.15. The first-order chi connectivity index (χ1) is 8.84. The van der Waals surface area contributed by atoms with Crippen molar-refractivity contribution in [2.24, 2.45) is 0 Å². The second-order valence-corrected chi connectivity index (χ2v) is 6.80. The molecule has 0 amide bonds. The van der Waals surface area contributed by atoms with E-state index in [0.29, 0.717) is 6.10 Å². The number of ether oxygens (including phenoxy) is 1. The summed E-state index contributed by atoms with van der Waals surface area (Å²) >= 11 is 5.26. The van der Waals surface area contributed by atoms with E-state index < -0.39 is 0 Å². The molecule has 1 aliphatic carbocycles. The fourth-order valence-corrected chi connectivity index (χ4v) is 3.79. The van der Waals surface area contributed by atoms with Crippen LogP contribution in [-0.2, 0) is 11.3 Å². The summed E-state index contributed by atoms with van der Waals surface area (Å²) in [5.74, 6) is 0. The van der Waals surface area contributed by atoms with Gasteiger partial charge < -0.3 is 10.1 Å². The quantitative estimate of drug-likeness (QED) is 0.618. The Balaban J connectivity index is 1.52. The highest BCUT2D eigenvalue weighted by Crippen LogP contribution is 2.20. The first-order valence-electron chi connectivity index (χ1n) is 6.90. The number of halogens is 1. The summed E-state index contributed by atoms with van der Waals surface area (Å²) in [6.45, 7) is 2.74. The van der Waals surface area contributed by atoms with Gasteiger partial charge in [0.2, 0.25) is 0 Å². The largest absolute Gasteiger partial charge is 0.377 e. The molecule has 1 N–H and O–H groups in total. The van der Waals surface area contributed by atoms with Crippen molar-refractivity contribution in [3.8, 4) is 0 Å². The third-order valence-electron chi connectivity index (χ3n) is 3.36. The zero-order valence-corrected chi connectivity index (χ0v) is 13.2. The van der Waals surface area contributed by atoms with E-state index in [2.05, 4.69) is 32.7 Å². The van der Waals surface area contributed by atoms with Crippen LogP contribution >= 0.6 is 27.3 Å². The summed E-state index contributed by atoms with van der Waals surface area (Å²) < 4.78 is 7.12. The van der Waals surface area contributed by atoms with Crippen molar-refractivity contribution in [3.63, 3.8) is 0 Å². The van der Waals surface area contributed by atoms with Crippen molar-refractivity contribution in [1.29, 1.82) is 0 Å². The van der Waals surface area contributed by atoms with Crippen LogP contribution in [0.15, 0.2) is 15.9 Å². The topological polar surface area (TPSA) is 21.3 Å². The van der Waals surface area contributed by atoms with Crippen LogP contribution in [0.1, 0.15) is 43.4 Å². The average molecular weight is 332 g/mol. The normalized spacial score (nSPS) is 17.8. The number of nitrogens with one attached hydrogen (secondary N) is 1. The van der Waals surface area contributed by atoms with Crippen molar-refractivity contribution >= 4 is 27.3 Å². The maximum atomic E-state index is 5.94. The first-order valence-corrected chi connectivity index (χ1v) is 8.57. The number of thiophene rings is 1. The van der Waals surface area contributed by atoms with E-state index in [0.717, 1.165) is 19.7 Å². The fraction of sp³-hybridized carbons (Fsp3) is 0.714. The molecule has 4 heteroatoms. The number of hydrogen-bond acceptors (Lipinski definition) is 3. The van der Waals surface area contributed by atoms with Crippen LogP contribution in [0, 0.1) is 0 Å². The predicted octanol–water partition coefficient (Wildman–Crippen LogP) is 4.34. The lowest BCUT2D eigenvalue weighted by Crippen LogP contribution is -2.22. The van der Waals surface area contributed by atoms with Crippen LogP contribution in [-0.4, -0.2) is 19.3 Å². The van der Waals surface area contributed by atoms with E-state index in [-0.39, 0.29) is 0 Å². The maximum absolute atomic E-state index is 5.94. The molecule has 0 aromatic carbocycles. The van der Waals surface area contributed by atoms with Gasteiger partial charge in [0.05, 0.1) is 12.7 Å². The molecule has 2 rings (SSSR count). The molecule has 2 nitrogen and oxygen atoms in total. The van der Waals surface area contributed by atoms with Crippen molar-refractivity contribution in [2.75, 3.05) is 13.2 Å². The zero-order chi connectivity index (χ0) is 12.6. The standard InChI is InChI=1S/C14H22BrNOS/c15-12-9-14(18-11-12)10-16-7-8-17-13-5-3-1-2-4-6-13/h9,11,13,16H,1-8,10H2. The van der Waals surface area contributed by atoms with E-state index in [9.17, 15) is 0 Å². The van der Waals surface area contributed by atoms with Crippen LogP contribution in [0.4, 0.5) is 0 Å². The smallest absolute Gasteiger partial charge is 0.0594 e. The van der Waals surface area contributed by atoms with Gasteiger partial charge in [0.15, 0.2) is 0 Å².